The fourth-order valence-electron chi connectivity index (χ4n) is 3.17. The van der Waals surface area contributed by atoms with Crippen LogP contribution < -0.4 is 0 Å². The van der Waals surface area contributed by atoms with Crippen LogP contribution in [0.15, 0.2) is 12.2 Å². The average Bonchev–Trinajstić information content (AvgIpc) is 2.65. The molecule has 0 aromatic heterocycles. The van der Waals surface area contributed by atoms with Crippen LogP contribution >= 0.6 is 0 Å². The minimum Gasteiger partial charge on any atom is -0.466 e. The van der Waals surface area contributed by atoms with Crippen LogP contribution in [0.2, 0.25) is 0 Å². The molecule has 0 heterocycles. The van der Waals surface area contributed by atoms with Crippen LogP contribution in [0.3, 0.4) is 0 Å². The van der Waals surface area contributed by atoms with E-state index in [0.29, 0.717) is 6.42 Å². The summed E-state index contributed by atoms with van der Waals surface area (Å²) in [7, 11) is 0. The molecule has 28 heavy (non-hydrogen) atoms. The van der Waals surface area contributed by atoms with E-state index in [1.165, 1.54) is 76.7 Å². The fourth-order valence-corrected chi connectivity index (χ4v) is 3.17. The van der Waals surface area contributed by atoms with Gasteiger partial charge in [0.15, 0.2) is 5.78 Å². The largest absolute Gasteiger partial charge is 0.466 e. The molecule has 0 amide bonds. The summed E-state index contributed by atoms with van der Waals surface area (Å²) < 4.78 is 4.72. The van der Waals surface area contributed by atoms with E-state index < -0.39 is 5.97 Å². The predicted molar refractivity (Wildman–Crippen MR) is 115 cm³/mol. The van der Waals surface area contributed by atoms with Gasteiger partial charge >= 0.3 is 5.97 Å². The summed E-state index contributed by atoms with van der Waals surface area (Å²) in [6.45, 7) is 4.24. The maximum Gasteiger partial charge on any atom is 0.313 e. The van der Waals surface area contributed by atoms with E-state index >= 15 is 0 Å². The van der Waals surface area contributed by atoms with Crippen LogP contribution in [0.1, 0.15) is 117 Å². The molecule has 0 saturated heterocycles. The molecule has 0 radical (unpaired) electrons. The molecule has 162 valence electrons. The smallest absolute Gasteiger partial charge is 0.313 e. The molecule has 0 N–H and O–H groups in total. The Morgan fingerprint density at radius 1 is 0.714 bits per heavy atom. The molecule has 0 spiro atoms. The van der Waals surface area contributed by atoms with Crippen molar-refractivity contribution in [3.05, 3.63) is 12.2 Å². The Labute approximate surface area is 172 Å². The zero-order valence-electron chi connectivity index (χ0n) is 18.3. The van der Waals surface area contributed by atoms with Crippen molar-refractivity contribution in [3.8, 4) is 0 Å². The molecule has 0 unspecified atom stereocenters. The highest BCUT2D eigenvalue weighted by Gasteiger charge is 2.08. The van der Waals surface area contributed by atoms with Crippen molar-refractivity contribution in [2.45, 2.75) is 117 Å². The molecule has 0 atom stereocenters. The molecule has 0 saturated carbocycles. The second kappa shape index (κ2) is 20.3. The van der Waals surface area contributed by atoms with Gasteiger partial charge in [-0.05, 0) is 19.4 Å². The van der Waals surface area contributed by atoms with Gasteiger partial charge in [0.1, 0.15) is 12.2 Å². The van der Waals surface area contributed by atoms with Crippen molar-refractivity contribution in [2.24, 2.45) is 0 Å². The number of hydrogen-bond donors (Lipinski definition) is 0. The Kier molecular flexibility index (Phi) is 19.2. The number of carbonyl (C=O) groups is 3. The number of unbranched alkanes of at least 4 members (excludes halogenated alkanes) is 12. The highest BCUT2D eigenvalue weighted by atomic mass is 16.5. The van der Waals surface area contributed by atoms with E-state index in [0.717, 1.165) is 12.8 Å². The van der Waals surface area contributed by atoms with Crippen LogP contribution in [0.4, 0.5) is 0 Å². The normalized spacial score (nSPS) is 11.1. The molecule has 0 aliphatic rings. The standard InChI is InChI=1S/C24H42O4/c1-3-5-6-7-8-9-10-11-12-13-14-15-16-18-22(25)19-17-20-23(26)21-24(27)28-4-2/h17,19H,3-16,18,20-21H2,1-2H3/b19-17+. The summed E-state index contributed by atoms with van der Waals surface area (Å²) in [4.78, 5) is 34.5. The number of Topliss-reactive ketones (excluding diaryl/α,β-unsaturated/α-hetero) is 1. The van der Waals surface area contributed by atoms with E-state index in [9.17, 15) is 14.4 Å². The van der Waals surface area contributed by atoms with Gasteiger partial charge in [-0.15, -0.1) is 0 Å². The first kappa shape index (κ1) is 26.6. The van der Waals surface area contributed by atoms with Crippen LogP contribution in [0, 0.1) is 0 Å². The Bertz CT molecular complexity index is 440. The Morgan fingerprint density at radius 3 is 1.71 bits per heavy atom. The maximum absolute atomic E-state index is 11.8. The van der Waals surface area contributed by atoms with Crippen LogP contribution in [-0.2, 0) is 19.1 Å². The minimum atomic E-state index is -0.501. The SMILES string of the molecule is CCCCCCCCCCCCCCCC(=O)/C=C/CC(=O)CC(=O)OCC. The quantitative estimate of drug-likeness (QED) is 0.102. The van der Waals surface area contributed by atoms with Crippen molar-refractivity contribution in [1.29, 1.82) is 0 Å². The highest BCUT2D eigenvalue weighted by Crippen LogP contribution is 2.13. The van der Waals surface area contributed by atoms with E-state index in [1.54, 1.807) is 13.0 Å². The summed E-state index contributed by atoms with van der Waals surface area (Å²) in [6.07, 6.45) is 20.2. The Hall–Kier alpha value is -1.45. The third kappa shape index (κ3) is 19.3. The summed E-state index contributed by atoms with van der Waals surface area (Å²) >= 11 is 0. The Balaban J connectivity index is 3.43. The Morgan fingerprint density at radius 2 is 1.21 bits per heavy atom. The average molecular weight is 395 g/mol. The zero-order valence-corrected chi connectivity index (χ0v) is 18.3. The van der Waals surface area contributed by atoms with Crippen molar-refractivity contribution >= 4 is 17.5 Å². The minimum absolute atomic E-state index is 0.0620. The summed E-state index contributed by atoms with van der Waals surface area (Å²) in [5, 5.41) is 0. The molecule has 0 rings (SSSR count). The van der Waals surface area contributed by atoms with Gasteiger partial charge in [-0.25, -0.2) is 0 Å². The second-order valence-corrected chi connectivity index (χ2v) is 7.59. The number of carbonyl (C=O) groups excluding carboxylic acids is 3. The lowest BCUT2D eigenvalue weighted by molar-refractivity contribution is -0.145. The van der Waals surface area contributed by atoms with Crippen LogP contribution in [0.5, 0.6) is 0 Å². The van der Waals surface area contributed by atoms with Gasteiger partial charge < -0.3 is 4.74 Å². The number of hydrogen-bond acceptors (Lipinski definition) is 4. The second-order valence-electron chi connectivity index (χ2n) is 7.59. The van der Waals surface area contributed by atoms with Crippen molar-refractivity contribution in [1.82, 2.24) is 0 Å². The first-order chi connectivity index (χ1) is 13.6. The van der Waals surface area contributed by atoms with E-state index in [-0.39, 0.29) is 31.0 Å². The van der Waals surface area contributed by atoms with E-state index in [4.69, 9.17) is 4.74 Å². The molecule has 4 heteroatoms. The highest BCUT2D eigenvalue weighted by molar-refractivity contribution is 5.97. The van der Waals surface area contributed by atoms with Crippen molar-refractivity contribution in [3.63, 3.8) is 0 Å². The first-order valence-electron chi connectivity index (χ1n) is 11.5. The molecular weight excluding hydrogens is 352 g/mol. The van der Waals surface area contributed by atoms with Crippen LogP contribution in [0.25, 0.3) is 0 Å². The van der Waals surface area contributed by atoms with Gasteiger partial charge in [0, 0.05) is 12.8 Å². The van der Waals surface area contributed by atoms with E-state index in [1.807, 2.05) is 0 Å². The number of esters is 1. The van der Waals surface area contributed by atoms with Crippen molar-refractivity contribution < 1.29 is 19.1 Å². The summed E-state index contributed by atoms with van der Waals surface area (Å²) in [5.74, 6) is -0.658. The molecule has 0 aliphatic heterocycles. The molecule has 0 aromatic rings. The predicted octanol–water partition coefficient (Wildman–Crippen LogP) is 6.51. The van der Waals surface area contributed by atoms with Gasteiger partial charge in [-0.1, -0.05) is 90.0 Å². The summed E-state index contributed by atoms with van der Waals surface area (Å²) in [6, 6.07) is 0. The van der Waals surface area contributed by atoms with Gasteiger partial charge in [0.25, 0.3) is 0 Å². The molecule has 0 aliphatic carbocycles. The number of ether oxygens (including phenoxy) is 1. The van der Waals surface area contributed by atoms with E-state index in [2.05, 4.69) is 6.92 Å². The van der Waals surface area contributed by atoms with Gasteiger partial charge in [-0.3, -0.25) is 14.4 Å². The van der Waals surface area contributed by atoms with Gasteiger partial charge in [0.2, 0.25) is 0 Å². The molecular formula is C24H42O4. The number of rotatable bonds is 20. The first-order valence-corrected chi connectivity index (χ1v) is 11.5. The molecule has 4 nitrogen and oxygen atoms in total. The third-order valence-electron chi connectivity index (χ3n) is 4.82. The molecule has 0 aromatic carbocycles. The summed E-state index contributed by atoms with van der Waals surface area (Å²) in [5.41, 5.74) is 0. The lowest BCUT2D eigenvalue weighted by Crippen LogP contribution is -2.10. The van der Waals surface area contributed by atoms with Crippen molar-refractivity contribution in [2.75, 3.05) is 6.61 Å². The molecule has 0 fully saturated rings. The molecule has 0 bridgehead atoms. The number of ketones is 2. The van der Waals surface area contributed by atoms with Gasteiger partial charge in [-0.2, -0.15) is 0 Å². The fraction of sp³-hybridized carbons (Fsp3) is 0.792. The monoisotopic (exact) mass is 394 g/mol. The van der Waals surface area contributed by atoms with Gasteiger partial charge in [0.05, 0.1) is 6.61 Å². The lowest BCUT2D eigenvalue weighted by atomic mass is 10.0. The third-order valence-corrected chi connectivity index (χ3v) is 4.82. The number of allylic oxidation sites excluding steroid dienone is 2. The zero-order chi connectivity index (χ0) is 20.9. The topological polar surface area (TPSA) is 60.4 Å². The van der Waals surface area contributed by atoms with Crippen LogP contribution in [-0.4, -0.2) is 24.1 Å². The maximum atomic E-state index is 11.8. The lowest BCUT2D eigenvalue weighted by Gasteiger charge is -2.02.